The van der Waals surface area contributed by atoms with Crippen LogP contribution in [0.1, 0.15) is 18.9 Å². The van der Waals surface area contributed by atoms with Crippen LogP contribution in [0.2, 0.25) is 0 Å². The van der Waals surface area contributed by atoms with Crippen LogP contribution in [0.15, 0.2) is 6.33 Å². The van der Waals surface area contributed by atoms with Crippen molar-refractivity contribution in [3.63, 3.8) is 0 Å². The summed E-state index contributed by atoms with van der Waals surface area (Å²) in [5, 5.41) is 3.35. The fourth-order valence-electron chi connectivity index (χ4n) is 2.09. The summed E-state index contributed by atoms with van der Waals surface area (Å²) in [6, 6.07) is 0. The van der Waals surface area contributed by atoms with Gasteiger partial charge >= 0.3 is 0 Å². The lowest BCUT2D eigenvalue weighted by atomic mass is 10.0. The summed E-state index contributed by atoms with van der Waals surface area (Å²) in [6.07, 6.45) is 2.95. The van der Waals surface area contributed by atoms with Gasteiger partial charge in [0.2, 0.25) is 5.88 Å². The van der Waals surface area contributed by atoms with Gasteiger partial charge < -0.3 is 14.8 Å². The van der Waals surface area contributed by atoms with Gasteiger partial charge in [0, 0.05) is 19.1 Å². The molecular formula is C12H19N3O2. The molecule has 5 heteroatoms. The Morgan fingerprint density at radius 3 is 3.00 bits per heavy atom. The molecule has 2 atom stereocenters. The molecule has 1 aliphatic heterocycles. The molecule has 0 aromatic carbocycles. The first-order chi connectivity index (χ1) is 8.22. The lowest BCUT2D eigenvalue weighted by molar-refractivity contribution is 0.108. The van der Waals surface area contributed by atoms with Crippen LogP contribution in [0.3, 0.4) is 0 Å². The van der Waals surface area contributed by atoms with Crippen LogP contribution in [0.4, 0.5) is 5.82 Å². The number of nitrogens with zero attached hydrogens (tertiary/aromatic N) is 2. The van der Waals surface area contributed by atoms with Gasteiger partial charge in [-0.05, 0) is 20.3 Å². The van der Waals surface area contributed by atoms with Crippen LogP contribution < -0.4 is 10.1 Å². The number of anilines is 1. The van der Waals surface area contributed by atoms with E-state index >= 15 is 0 Å². The molecule has 1 aromatic rings. The lowest BCUT2D eigenvalue weighted by Gasteiger charge is -2.16. The van der Waals surface area contributed by atoms with E-state index in [-0.39, 0.29) is 0 Å². The number of hydrogen-bond donors (Lipinski definition) is 1. The molecule has 2 rings (SSSR count). The van der Waals surface area contributed by atoms with E-state index in [0.29, 0.717) is 17.9 Å². The molecule has 17 heavy (non-hydrogen) atoms. The Balaban J connectivity index is 1.99. The van der Waals surface area contributed by atoms with Gasteiger partial charge in [0.1, 0.15) is 12.1 Å². The minimum Gasteiger partial charge on any atom is -0.481 e. The Labute approximate surface area is 102 Å². The molecule has 0 amide bonds. The molecule has 2 heterocycles. The minimum absolute atomic E-state index is 0.325. The van der Waals surface area contributed by atoms with E-state index < -0.39 is 0 Å². The number of hydrogen-bond acceptors (Lipinski definition) is 5. The molecule has 1 aliphatic rings. The topological polar surface area (TPSA) is 56.3 Å². The highest BCUT2D eigenvalue weighted by atomic mass is 16.5. The SMILES string of the molecule is COc1ncnc(NCC2CCOC2C)c1C. The molecule has 1 saturated heterocycles. The van der Waals surface area contributed by atoms with Crippen molar-refractivity contribution >= 4 is 5.82 Å². The van der Waals surface area contributed by atoms with Gasteiger partial charge in [-0.25, -0.2) is 9.97 Å². The Bertz CT molecular complexity index is 384. The van der Waals surface area contributed by atoms with E-state index in [1.807, 2.05) is 6.92 Å². The van der Waals surface area contributed by atoms with E-state index in [4.69, 9.17) is 9.47 Å². The minimum atomic E-state index is 0.325. The second-order valence-corrected chi connectivity index (χ2v) is 4.36. The van der Waals surface area contributed by atoms with Crippen LogP contribution in [0.5, 0.6) is 5.88 Å². The van der Waals surface area contributed by atoms with E-state index in [0.717, 1.165) is 31.0 Å². The zero-order valence-electron chi connectivity index (χ0n) is 10.6. The summed E-state index contributed by atoms with van der Waals surface area (Å²) in [5.74, 6) is 2.02. The summed E-state index contributed by atoms with van der Waals surface area (Å²) in [4.78, 5) is 8.28. The molecule has 2 unspecified atom stereocenters. The van der Waals surface area contributed by atoms with E-state index in [9.17, 15) is 0 Å². The van der Waals surface area contributed by atoms with Crippen LogP contribution in [-0.2, 0) is 4.74 Å². The largest absolute Gasteiger partial charge is 0.481 e. The van der Waals surface area contributed by atoms with Gasteiger partial charge in [-0.3, -0.25) is 0 Å². The average Bonchev–Trinajstić information content (AvgIpc) is 2.74. The van der Waals surface area contributed by atoms with Gasteiger partial charge in [0.15, 0.2) is 0 Å². The van der Waals surface area contributed by atoms with Crippen LogP contribution in [0, 0.1) is 12.8 Å². The zero-order chi connectivity index (χ0) is 12.3. The molecule has 0 bridgehead atoms. The number of methoxy groups -OCH3 is 1. The van der Waals surface area contributed by atoms with Crippen LogP contribution in [-0.4, -0.2) is 36.3 Å². The summed E-state index contributed by atoms with van der Waals surface area (Å²) in [5.41, 5.74) is 0.946. The van der Waals surface area contributed by atoms with Gasteiger partial charge in [-0.15, -0.1) is 0 Å². The molecule has 0 spiro atoms. The first-order valence-corrected chi connectivity index (χ1v) is 5.93. The highest BCUT2D eigenvalue weighted by Crippen LogP contribution is 2.23. The number of nitrogens with one attached hydrogen (secondary N) is 1. The second-order valence-electron chi connectivity index (χ2n) is 4.36. The van der Waals surface area contributed by atoms with Crippen molar-refractivity contribution in [1.82, 2.24) is 9.97 Å². The molecule has 0 aliphatic carbocycles. The third-order valence-corrected chi connectivity index (χ3v) is 3.30. The monoisotopic (exact) mass is 237 g/mol. The van der Waals surface area contributed by atoms with Crippen molar-refractivity contribution in [2.45, 2.75) is 26.4 Å². The molecule has 1 N–H and O–H groups in total. The second kappa shape index (κ2) is 5.31. The highest BCUT2D eigenvalue weighted by molar-refractivity contribution is 5.47. The van der Waals surface area contributed by atoms with Crippen LogP contribution >= 0.6 is 0 Å². The Morgan fingerprint density at radius 2 is 2.35 bits per heavy atom. The summed E-state index contributed by atoms with van der Waals surface area (Å²) >= 11 is 0. The van der Waals surface area contributed by atoms with E-state index in [2.05, 4.69) is 22.2 Å². The van der Waals surface area contributed by atoms with Crippen molar-refractivity contribution in [3.05, 3.63) is 11.9 Å². The fourth-order valence-corrected chi connectivity index (χ4v) is 2.09. The molecular weight excluding hydrogens is 218 g/mol. The molecule has 1 aromatic heterocycles. The first kappa shape index (κ1) is 12.1. The van der Waals surface area contributed by atoms with Gasteiger partial charge in [0.25, 0.3) is 0 Å². The molecule has 94 valence electrons. The quantitative estimate of drug-likeness (QED) is 0.862. The maximum atomic E-state index is 5.53. The van der Waals surface area contributed by atoms with Gasteiger partial charge in [-0.2, -0.15) is 0 Å². The van der Waals surface area contributed by atoms with Crippen LogP contribution in [0.25, 0.3) is 0 Å². The third kappa shape index (κ3) is 2.66. The summed E-state index contributed by atoms with van der Waals surface area (Å²) in [6.45, 7) is 5.81. The number of rotatable bonds is 4. The normalized spacial score (nSPS) is 23.7. The van der Waals surface area contributed by atoms with E-state index in [1.54, 1.807) is 7.11 Å². The highest BCUT2D eigenvalue weighted by Gasteiger charge is 2.24. The van der Waals surface area contributed by atoms with Crippen molar-refractivity contribution in [1.29, 1.82) is 0 Å². The van der Waals surface area contributed by atoms with Crippen molar-refractivity contribution in [2.24, 2.45) is 5.92 Å². The predicted molar refractivity (Wildman–Crippen MR) is 65.3 cm³/mol. The van der Waals surface area contributed by atoms with Crippen molar-refractivity contribution in [3.8, 4) is 5.88 Å². The number of aromatic nitrogens is 2. The van der Waals surface area contributed by atoms with Gasteiger partial charge in [-0.1, -0.05) is 0 Å². The zero-order valence-corrected chi connectivity index (χ0v) is 10.6. The Morgan fingerprint density at radius 1 is 1.53 bits per heavy atom. The summed E-state index contributed by atoms with van der Waals surface area (Å²) in [7, 11) is 1.62. The molecule has 1 fully saturated rings. The molecule has 5 nitrogen and oxygen atoms in total. The Hall–Kier alpha value is -1.36. The molecule has 0 saturated carbocycles. The van der Waals surface area contributed by atoms with Crippen molar-refractivity contribution in [2.75, 3.05) is 25.6 Å². The Kier molecular flexibility index (Phi) is 3.78. The van der Waals surface area contributed by atoms with Gasteiger partial charge in [0.05, 0.1) is 18.8 Å². The predicted octanol–water partition coefficient (Wildman–Crippen LogP) is 1.63. The smallest absolute Gasteiger partial charge is 0.221 e. The third-order valence-electron chi connectivity index (χ3n) is 3.30. The standard InChI is InChI=1S/C12H19N3O2/c1-8-11(14-7-15-12(8)16-3)13-6-10-4-5-17-9(10)2/h7,9-10H,4-6H2,1-3H3,(H,13,14,15). The summed E-state index contributed by atoms with van der Waals surface area (Å²) < 4.78 is 10.7. The number of ether oxygens (including phenoxy) is 2. The fraction of sp³-hybridized carbons (Fsp3) is 0.667. The van der Waals surface area contributed by atoms with Crippen molar-refractivity contribution < 1.29 is 9.47 Å². The lowest BCUT2D eigenvalue weighted by Crippen LogP contribution is -2.21. The maximum Gasteiger partial charge on any atom is 0.221 e. The average molecular weight is 237 g/mol. The molecule has 0 radical (unpaired) electrons. The maximum absolute atomic E-state index is 5.53. The van der Waals surface area contributed by atoms with E-state index in [1.165, 1.54) is 6.33 Å². The first-order valence-electron chi connectivity index (χ1n) is 5.93.